The van der Waals surface area contributed by atoms with E-state index in [9.17, 15) is 0 Å². The first kappa shape index (κ1) is 14.2. The molecule has 1 aromatic heterocycles. The van der Waals surface area contributed by atoms with Gasteiger partial charge in [0.05, 0.1) is 5.69 Å². The van der Waals surface area contributed by atoms with Gasteiger partial charge in [-0.25, -0.2) is 0 Å². The Labute approximate surface area is 104 Å². The first-order valence-electron chi connectivity index (χ1n) is 6.40. The summed E-state index contributed by atoms with van der Waals surface area (Å²) in [6, 6.07) is 0. The standard InChI is InChI=1S/C13H25N3O/c1-10(2)9-17-7-5-6-14-8-13-11(3)15-16-12(13)4/h10,14H,5-9H2,1-4H3,(H,15,16). The molecule has 0 aliphatic heterocycles. The molecule has 2 N–H and O–H groups in total. The van der Waals surface area contributed by atoms with E-state index < -0.39 is 0 Å². The molecule has 0 aliphatic carbocycles. The highest BCUT2D eigenvalue weighted by Gasteiger charge is 2.04. The van der Waals surface area contributed by atoms with Crippen molar-refractivity contribution in [2.75, 3.05) is 19.8 Å². The van der Waals surface area contributed by atoms with Gasteiger partial charge in [-0.15, -0.1) is 0 Å². The second-order valence-electron chi connectivity index (χ2n) is 4.91. The molecule has 0 aliphatic rings. The zero-order chi connectivity index (χ0) is 12.7. The van der Waals surface area contributed by atoms with E-state index in [1.54, 1.807) is 0 Å². The number of H-pyrrole nitrogens is 1. The van der Waals surface area contributed by atoms with Crippen LogP contribution in [-0.4, -0.2) is 30.0 Å². The zero-order valence-corrected chi connectivity index (χ0v) is 11.5. The lowest BCUT2D eigenvalue weighted by Gasteiger charge is -2.07. The van der Waals surface area contributed by atoms with Crippen molar-refractivity contribution in [3.8, 4) is 0 Å². The molecule has 0 bridgehead atoms. The van der Waals surface area contributed by atoms with Crippen molar-refractivity contribution in [3.63, 3.8) is 0 Å². The Morgan fingerprint density at radius 2 is 2.12 bits per heavy atom. The molecular formula is C13H25N3O. The fraction of sp³-hybridized carbons (Fsp3) is 0.769. The maximum atomic E-state index is 5.52. The van der Waals surface area contributed by atoms with E-state index in [-0.39, 0.29) is 0 Å². The van der Waals surface area contributed by atoms with Crippen LogP contribution in [0.15, 0.2) is 0 Å². The van der Waals surface area contributed by atoms with E-state index in [4.69, 9.17) is 4.74 Å². The van der Waals surface area contributed by atoms with Crippen LogP contribution in [0.25, 0.3) is 0 Å². The molecule has 0 aromatic carbocycles. The summed E-state index contributed by atoms with van der Waals surface area (Å²) in [5.74, 6) is 0.624. The second kappa shape index (κ2) is 7.45. The Hall–Kier alpha value is -0.870. The van der Waals surface area contributed by atoms with Crippen LogP contribution in [0.2, 0.25) is 0 Å². The van der Waals surface area contributed by atoms with Gasteiger partial charge in [-0.1, -0.05) is 13.8 Å². The molecule has 0 atom stereocenters. The second-order valence-corrected chi connectivity index (χ2v) is 4.91. The van der Waals surface area contributed by atoms with E-state index in [1.807, 2.05) is 6.92 Å². The predicted octanol–water partition coefficient (Wildman–Crippen LogP) is 2.18. The fourth-order valence-electron chi connectivity index (χ4n) is 1.67. The predicted molar refractivity (Wildman–Crippen MR) is 70.0 cm³/mol. The minimum Gasteiger partial charge on any atom is -0.381 e. The topological polar surface area (TPSA) is 49.9 Å². The van der Waals surface area contributed by atoms with Gasteiger partial charge in [0.25, 0.3) is 0 Å². The highest BCUT2D eigenvalue weighted by molar-refractivity contribution is 5.22. The van der Waals surface area contributed by atoms with Gasteiger partial charge in [-0.2, -0.15) is 5.10 Å². The van der Waals surface area contributed by atoms with Crippen molar-refractivity contribution in [2.24, 2.45) is 5.92 Å². The van der Waals surface area contributed by atoms with Crippen molar-refractivity contribution >= 4 is 0 Å². The Bertz CT molecular complexity index is 301. The fourth-order valence-corrected chi connectivity index (χ4v) is 1.67. The smallest absolute Gasteiger partial charge is 0.0638 e. The number of aromatic nitrogens is 2. The van der Waals surface area contributed by atoms with Crippen LogP contribution in [0.1, 0.15) is 37.2 Å². The first-order valence-corrected chi connectivity index (χ1v) is 6.40. The largest absolute Gasteiger partial charge is 0.381 e. The van der Waals surface area contributed by atoms with Crippen LogP contribution in [0, 0.1) is 19.8 Å². The number of nitrogens with one attached hydrogen (secondary N) is 2. The third-order valence-electron chi connectivity index (χ3n) is 2.68. The van der Waals surface area contributed by atoms with Crippen LogP contribution < -0.4 is 5.32 Å². The summed E-state index contributed by atoms with van der Waals surface area (Å²) in [6.45, 7) is 12.0. The monoisotopic (exact) mass is 239 g/mol. The maximum Gasteiger partial charge on any atom is 0.0638 e. The molecule has 0 spiro atoms. The molecular weight excluding hydrogens is 214 g/mol. The van der Waals surface area contributed by atoms with Crippen LogP contribution in [0.4, 0.5) is 0 Å². The molecule has 0 amide bonds. The molecule has 1 aromatic rings. The summed E-state index contributed by atoms with van der Waals surface area (Å²) >= 11 is 0. The molecule has 0 fully saturated rings. The molecule has 0 saturated heterocycles. The van der Waals surface area contributed by atoms with Gasteiger partial charge in [0.1, 0.15) is 0 Å². The maximum absolute atomic E-state index is 5.52. The lowest BCUT2D eigenvalue weighted by molar-refractivity contribution is 0.108. The number of aryl methyl sites for hydroxylation is 2. The summed E-state index contributed by atoms with van der Waals surface area (Å²) in [5, 5.41) is 10.6. The van der Waals surface area contributed by atoms with E-state index in [2.05, 4.69) is 36.3 Å². The van der Waals surface area contributed by atoms with Gasteiger partial charge >= 0.3 is 0 Å². The van der Waals surface area contributed by atoms with Crippen LogP contribution in [0.5, 0.6) is 0 Å². The molecule has 98 valence electrons. The molecule has 1 heterocycles. The lowest BCUT2D eigenvalue weighted by atomic mass is 10.2. The third kappa shape index (κ3) is 5.33. The summed E-state index contributed by atoms with van der Waals surface area (Å²) in [6.07, 6.45) is 1.06. The average molecular weight is 239 g/mol. The quantitative estimate of drug-likeness (QED) is 0.684. The van der Waals surface area contributed by atoms with Gasteiger partial charge in [0.15, 0.2) is 0 Å². The van der Waals surface area contributed by atoms with E-state index >= 15 is 0 Å². The van der Waals surface area contributed by atoms with Crippen molar-refractivity contribution in [1.29, 1.82) is 0 Å². The number of ether oxygens (including phenoxy) is 1. The molecule has 4 nitrogen and oxygen atoms in total. The molecule has 0 saturated carbocycles. The molecule has 17 heavy (non-hydrogen) atoms. The number of aromatic amines is 1. The van der Waals surface area contributed by atoms with Crippen molar-refractivity contribution in [3.05, 3.63) is 17.0 Å². The highest BCUT2D eigenvalue weighted by Crippen LogP contribution is 2.08. The Morgan fingerprint density at radius 3 is 2.71 bits per heavy atom. The van der Waals surface area contributed by atoms with E-state index in [1.165, 1.54) is 5.56 Å². The van der Waals surface area contributed by atoms with E-state index in [0.29, 0.717) is 5.92 Å². The van der Waals surface area contributed by atoms with Gasteiger partial charge in [-0.05, 0) is 32.7 Å². The van der Waals surface area contributed by atoms with Crippen molar-refractivity contribution in [2.45, 2.75) is 40.7 Å². The van der Waals surface area contributed by atoms with Gasteiger partial charge in [0.2, 0.25) is 0 Å². The Kier molecular flexibility index (Phi) is 6.22. The average Bonchev–Trinajstić information content (AvgIpc) is 2.58. The van der Waals surface area contributed by atoms with Gasteiger partial charge in [-0.3, -0.25) is 5.10 Å². The minimum atomic E-state index is 0.624. The summed E-state index contributed by atoms with van der Waals surface area (Å²) in [5.41, 5.74) is 3.53. The number of rotatable bonds is 8. The number of hydrogen-bond acceptors (Lipinski definition) is 3. The molecule has 4 heteroatoms. The van der Waals surface area contributed by atoms with Crippen LogP contribution in [0.3, 0.4) is 0 Å². The summed E-state index contributed by atoms with van der Waals surface area (Å²) in [4.78, 5) is 0. The zero-order valence-electron chi connectivity index (χ0n) is 11.5. The third-order valence-corrected chi connectivity index (χ3v) is 2.68. The normalized spacial score (nSPS) is 11.4. The minimum absolute atomic E-state index is 0.624. The Balaban J connectivity index is 2.05. The summed E-state index contributed by atoms with van der Waals surface area (Å²) in [7, 11) is 0. The van der Waals surface area contributed by atoms with Gasteiger partial charge in [0, 0.05) is 31.0 Å². The van der Waals surface area contributed by atoms with Crippen molar-refractivity contribution < 1.29 is 4.74 Å². The van der Waals surface area contributed by atoms with Gasteiger partial charge < -0.3 is 10.1 Å². The SMILES string of the molecule is Cc1n[nH]c(C)c1CNCCCOCC(C)C. The lowest BCUT2D eigenvalue weighted by Crippen LogP contribution is -2.17. The molecule has 1 rings (SSSR count). The van der Waals surface area contributed by atoms with Crippen LogP contribution >= 0.6 is 0 Å². The van der Waals surface area contributed by atoms with Crippen LogP contribution in [-0.2, 0) is 11.3 Å². The number of nitrogens with zero attached hydrogens (tertiary/aromatic N) is 1. The molecule has 0 unspecified atom stereocenters. The van der Waals surface area contributed by atoms with Crippen molar-refractivity contribution in [1.82, 2.24) is 15.5 Å². The van der Waals surface area contributed by atoms with E-state index in [0.717, 1.165) is 44.1 Å². The molecule has 0 radical (unpaired) electrons. The highest BCUT2D eigenvalue weighted by atomic mass is 16.5. The first-order chi connectivity index (χ1) is 8.11. The Morgan fingerprint density at radius 1 is 1.35 bits per heavy atom. The summed E-state index contributed by atoms with van der Waals surface area (Å²) < 4.78 is 5.52. The number of hydrogen-bond donors (Lipinski definition) is 2.